The number of carbonyl (C=O) groups is 2. The van der Waals surface area contributed by atoms with Gasteiger partial charge in [-0.05, 0) is 31.0 Å². The third kappa shape index (κ3) is 2.67. The normalized spacial score (nSPS) is 22.8. The Hall–Kier alpha value is -2.76. The summed E-state index contributed by atoms with van der Waals surface area (Å²) in [6, 6.07) is 10.8. The third-order valence-corrected chi connectivity index (χ3v) is 5.06. The van der Waals surface area contributed by atoms with Gasteiger partial charge in [-0.2, -0.15) is 0 Å². The van der Waals surface area contributed by atoms with Gasteiger partial charge < -0.3 is 9.80 Å². The molecule has 2 amide bonds. The van der Waals surface area contributed by atoms with Gasteiger partial charge in [-0.1, -0.05) is 18.2 Å². The van der Waals surface area contributed by atoms with Crippen LogP contribution in [0.2, 0.25) is 0 Å². The van der Waals surface area contributed by atoms with Crippen molar-refractivity contribution in [3.05, 3.63) is 60.2 Å². The molecule has 128 valence electrons. The van der Waals surface area contributed by atoms with Gasteiger partial charge in [0.1, 0.15) is 0 Å². The molecule has 25 heavy (non-hydrogen) atoms. The Kier molecular flexibility index (Phi) is 3.95. The van der Waals surface area contributed by atoms with E-state index in [0.29, 0.717) is 25.8 Å². The van der Waals surface area contributed by atoms with E-state index in [4.69, 9.17) is 0 Å². The van der Waals surface area contributed by atoms with Crippen molar-refractivity contribution in [1.29, 1.82) is 0 Å². The van der Waals surface area contributed by atoms with Crippen molar-refractivity contribution < 1.29 is 14.0 Å². The number of halogens is 1. The highest BCUT2D eigenvalue weighted by molar-refractivity contribution is 5.97. The Morgan fingerprint density at radius 1 is 1.12 bits per heavy atom. The van der Waals surface area contributed by atoms with Crippen molar-refractivity contribution in [3.8, 4) is 0 Å². The van der Waals surface area contributed by atoms with Crippen LogP contribution >= 0.6 is 0 Å². The van der Waals surface area contributed by atoms with Crippen LogP contribution < -0.4 is 4.90 Å². The van der Waals surface area contributed by atoms with E-state index < -0.39 is 5.82 Å². The number of likely N-dealkylation sites (tertiary alicyclic amines) is 1. The van der Waals surface area contributed by atoms with Crippen LogP contribution in [0.4, 0.5) is 10.1 Å². The van der Waals surface area contributed by atoms with Gasteiger partial charge >= 0.3 is 0 Å². The van der Waals surface area contributed by atoms with Gasteiger partial charge in [-0.3, -0.25) is 14.6 Å². The minimum atomic E-state index is -0.609. The minimum Gasteiger partial charge on any atom is -0.333 e. The summed E-state index contributed by atoms with van der Waals surface area (Å²) in [5.41, 5.74) is 0.894. The summed E-state index contributed by atoms with van der Waals surface area (Å²) in [5.74, 6) is -0.852. The smallest absolute Gasteiger partial charge is 0.257 e. The van der Waals surface area contributed by atoms with Crippen LogP contribution in [-0.4, -0.2) is 40.3 Å². The van der Waals surface area contributed by atoms with Gasteiger partial charge in [0.2, 0.25) is 5.91 Å². The fourth-order valence-corrected chi connectivity index (χ4v) is 3.94. The molecule has 0 spiro atoms. The number of amides is 2. The van der Waals surface area contributed by atoms with E-state index in [1.165, 1.54) is 12.3 Å². The predicted molar refractivity (Wildman–Crippen MR) is 90.6 cm³/mol. The van der Waals surface area contributed by atoms with Gasteiger partial charge in [0.25, 0.3) is 5.91 Å². The summed E-state index contributed by atoms with van der Waals surface area (Å²) < 4.78 is 13.9. The number of benzene rings is 1. The highest BCUT2D eigenvalue weighted by Gasteiger charge is 2.45. The van der Waals surface area contributed by atoms with Crippen molar-refractivity contribution in [2.45, 2.75) is 31.3 Å². The summed E-state index contributed by atoms with van der Waals surface area (Å²) in [6.45, 7) is 0.520. The monoisotopic (exact) mass is 339 g/mol. The maximum Gasteiger partial charge on any atom is 0.257 e. The zero-order valence-electron chi connectivity index (χ0n) is 13.6. The fraction of sp³-hybridized carbons (Fsp3) is 0.316. The lowest BCUT2D eigenvalue weighted by Gasteiger charge is -2.39. The number of hydrogen-bond donors (Lipinski definition) is 0. The van der Waals surface area contributed by atoms with Gasteiger partial charge in [-0.15, -0.1) is 0 Å². The van der Waals surface area contributed by atoms with Crippen LogP contribution in [0.1, 0.15) is 29.6 Å². The van der Waals surface area contributed by atoms with E-state index in [0.717, 1.165) is 11.9 Å². The first-order valence-corrected chi connectivity index (χ1v) is 8.44. The Morgan fingerprint density at radius 2 is 1.92 bits per heavy atom. The molecule has 2 saturated heterocycles. The number of rotatable bonds is 2. The van der Waals surface area contributed by atoms with E-state index in [2.05, 4.69) is 4.98 Å². The predicted octanol–water partition coefficient (Wildman–Crippen LogP) is 2.63. The fourth-order valence-electron chi connectivity index (χ4n) is 3.94. The maximum absolute atomic E-state index is 13.9. The quantitative estimate of drug-likeness (QED) is 0.845. The molecule has 4 rings (SSSR count). The number of hydrogen-bond acceptors (Lipinski definition) is 3. The van der Waals surface area contributed by atoms with Crippen molar-refractivity contribution in [2.24, 2.45) is 0 Å². The number of piperidine rings is 1. The lowest BCUT2D eigenvalue weighted by atomic mass is 9.95. The first-order chi connectivity index (χ1) is 12.2. The number of carbonyl (C=O) groups excluding carboxylic acids is 2. The van der Waals surface area contributed by atoms with E-state index in [1.807, 2.05) is 35.2 Å². The largest absolute Gasteiger partial charge is 0.333 e. The van der Waals surface area contributed by atoms with Gasteiger partial charge in [0.15, 0.2) is 5.82 Å². The van der Waals surface area contributed by atoms with Gasteiger partial charge in [-0.25, -0.2) is 4.39 Å². The van der Waals surface area contributed by atoms with Crippen LogP contribution in [0.3, 0.4) is 0 Å². The number of aromatic nitrogens is 1. The summed E-state index contributed by atoms with van der Waals surface area (Å²) in [4.78, 5) is 32.5. The molecule has 2 atom stereocenters. The van der Waals surface area contributed by atoms with E-state index in [9.17, 15) is 14.0 Å². The van der Waals surface area contributed by atoms with Crippen LogP contribution in [0.25, 0.3) is 0 Å². The first-order valence-electron chi connectivity index (χ1n) is 8.44. The van der Waals surface area contributed by atoms with Crippen LogP contribution in [0.5, 0.6) is 0 Å². The van der Waals surface area contributed by atoms with Crippen molar-refractivity contribution in [3.63, 3.8) is 0 Å². The molecule has 2 aromatic rings. The molecule has 3 heterocycles. The SMILES string of the molecule is O=C(c1ccncc1F)N1CC[C@H]2[C@@H]1CCC(=O)N2c1ccccc1. The first kappa shape index (κ1) is 15.7. The molecule has 0 aliphatic carbocycles. The average molecular weight is 339 g/mol. The standard InChI is InChI=1S/C19H18FN3O2/c20-15-12-21-10-8-14(15)19(25)22-11-9-17-16(22)6-7-18(24)23(17)13-4-2-1-3-5-13/h1-5,8,10,12,16-17H,6-7,9,11H2/t16-,17-/m0/s1. The summed E-state index contributed by atoms with van der Waals surface area (Å²) in [7, 11) is 0. The topological polar surface area (TPSA) is 53.5 Å². The van der Waals surface area contributed by atoms with Crippen molar-refractivity contribution in [2.75, 3.05) is 11.4 Å². The lowest BCUT2D eigenvalue weighted by molar-refractivity contribution is -0.120. The molecule has 1 aromatic carbocycles. The molecule has 0 saturated carbocycles. The highest BCUT2D eigenvalue weighted by atomic mass is 19.1. The Labute approximate surface area is 145 Å². The average Bonchev–Trinajstić information content (AvgIpc) is 3.06. The van der Waals surface area contributed by atoms with Crippen LogP contribution in [-0.2, 0) is 4.79 Å². The van der Waals surface area contributed by atoms with Crippen LogP contribution in [0.15, 0.2) is 48.8 Å². The van der Waals surface area contributed by atoms with E-state index in [1.54, 1.807) is 4.90 Å². The zero-order valence-corrected chi connectivity index (χ0v) is 13.6. The molecule has 0 N–H and O–H groups in total. The molecule has 2 aliphatic heterocycles. The third-order valence-electron chi connectivity index (χ3n) is 5.06. The minimum absolute atomic E-state index is 0.0406. The highest BCUT2D eigenvalue weighted by Crippen LogP contribution is 2.35. The van der Waals surface area contributed by atoms with Crippen LogP contribution in [0, 0.1) is 5.82 Å². The Morgan fingerprint density at radius 3 is 2.68 bits per heavy atom. The Bertz CT molecular complexity index is 811. The summed E-state index contributed by atoms with van der Waals surface area (Å²) in [6.07, 6.45) is 4.18. The maximum atomic E-state index is 13.9. The number of pyridine rings is 1. The summed E-state index contributed by atoms with van der Waals surface area (Å²) >= 11 is 0. The molecule has 1 aromatic heterocycles. The number of para-hydroxylation sites is 1. The van der Waals surface area contributed by atoms with Gasteiger partial charge in [0, 0.05) is 24.8 Å². The molecule has 0 unspecified atom stereocenters. The second-order valence-electron chi connectivity index (χ2n) is 6.42. The number of nitrogens with zero attached hydrogens (tertiary/aromatic N) is 3. The molecule has 0 radical (unpaired) electrons. The second-order valence-corrected chi connectivity index (χ2v) is 6.42. The summed E-state index contributed by atoms with van der Waals surface area (Å²) in [5, 5.41) is 0. The van der Waals surface area contributed by atoms with Crippen molar-refractivity contribution in [1.82, 2.24) is 9.88 Å². The molecule has 0 bridgehead atoms. The molecule has 5 nitrogen and oxygen atoms in total. The molecular formula is C19H18FN3O2. The number of anilines is 1. The lowest BCUT2D eigenvalue weighted by Crippen LogP contribution is -2.53. The number of fused-ring (bicyclic) bond motifs is 1. The van der Waals surface area contributed by atoms with Crippen molar-refractivity contribution >= 4 is 17.5 Å². The molecule has 2 fully saturated rings. The Balaban J connectivity index is 1.63. The van der Waals surface area contributed by atoms with E-state index in [-0.39, 0.29) is 29.5 Å². The van der Waals surface area contributed by atoms with E-state index >= 15 is 0 Å². The molecular weight excluding hydrogens is 321 g/mol. The van der Waals surface area contributed by atoms with Gasteiger partial charge in [0.05, 0.1) is 23.8 Å². The molecule has 2 aliphatic rings. The molecule has 6 heteroatoms. The second kappa shape index (κ2) is 6.27. The zero-order chi connectivity index (χ0) is 17.4.